The molecule has 2 aliphatic rings. The summed E-state index contributed by atoms with van der Waals surface area (Å²) in [5.74, 6) is 0.993. The van der Waals surface area contributed by atoms with Crippen LogP contribution >= 0.6 is 0 Å². The van der Waals surface area contributed by atoms with Gasteiger partial charge in [0, 0.05) is 81.7 Å². The molecule has 2 saturated heterocycles. The van der Waals surface area contributed by atoms with E-state index in [-0.39, 0.29) is 63.7 Å². The van der Waals surface area contributed by atoms with Crippen molar-refractivity contribution in [3.8, 4) is 34.5 Å². The molecule has 2 heterocycles. The number of aliphatic imine (C=N–C) groups is 2. The summed E-state index contributed by atoms with van der Waals surface area (Å²) in [5.41, 5.74) is 7.28. The average Bonchev–Trinajstić information content (AvgIpc) is 0.775. The zero-order valence-electron chi connectivity index (χ0n) is 55.8. The van der Waals surface area contributed by atoms with Crippen molar-refractivity contribution in [1.29, 1.82) is 0 Å². The van der Waals surface area contributed by atoms with E-state index in [0.29, 0.717) is 36.0 Å². The Kier molecular flexibility index (Phi) is 29.6. The number of carbonyl (C=O) groups is 6. The molecule has 6 aromatic carbocycles. The summed E-state index contributed by atoms with van der Waals surface area (Å²) >= 11 is 0. The van der Waals surface area contributed by atoms with Gasteiger partial charge in [0.25, 0.3) is 5.91 Å². The number of nitrogens with zero attached hydrogens (tertiary/aromatic N) is 2. The maximum Gasteiger partial charge on any atom is 0.303 e. The van der Waals surface area contributed by atoms with Crippen molar-refractivity contribution in [2.75, 3.05) is 67.2 Å². The van der Waals surface area contributed by atoms with Gasteiger partial charge >= 0.3 is 5.97 Å². The highest BCUT2D eigenvalue weighted by molar-refractivity contribution is 6.13. The summed E-state index contributed by atoms with van der Waals surface area (Å²) in [5, 5.41) is 64.4. The second kappa shape index (κ2) is 38.3. The second-order valence-electron chi connectivity index (χ2n) is 23.0. The fourth-order valence-corrected chi connectivity index (χ4v) is 10.4. The number of nitrogens with one attached hydrogen (secondary N) is 5. The SMILES string of the molecule is COc1ccc(C(=NCCNC(=O)CCC(=O)NCCNC(=O)[C@@H]2O[C@@H](OC3C(NC(C)=O)[C@H](C)O[C@@H](CO)[C@H]3O)C(O)C(O)[C@@H]2OC)c2ccc(Oc3ccc(C)cc3)cc2)cc1.COc1ccc(C(=NCCNC(=O)CCC(=O)O)c2ccc(Oc3ccc(C)cc3)cc2)cc1. The van der Waals surface area contributed by atoms with Crippen LogP contribution in [0.2, 0.25) is 0 Å². The first-order valence-corrected chi connectivity index (χ1v) is 32.0. The third kappa shape index (κ3) is 23.0. The molecule has 0 aliphatic carbocycles. The van der Waals surface area contributed by atoms with Crippen LogP contribution < -0.4 is 45.5 Å². The normalized spacial score (nSPS) is 20.6. The molecule has 0 spiro atoms. The van der Waals surface area contributed by atoms with Gasteiger partial charge in [0.15, 0.2) is 12.4 Å². The van der Waals surface area contributed by atoms with E-state index in [1.807, 2.05) is 159 Å². The summed E-state index contributed by atoms with van der Waals surface area (Å²) in [7, 11) is 4.42. The lowest BCUT2D eigenvalue weighted by Gasteiger charge is -2.47. The number of aliphatic hydroxyl groups is 4. The zero-order chi connectivity index (χ0) is 70.7. The Morgan fingerprint density at radius 2 is 0.878 bits per heavy atom. The Hall–Kier alpha value is -9.64. The molecule has 26 heteroatoms. The number of aliphatic carboxylic acids is 1. The first-order valence-electron chi connectivity index (χ1n) is 32.0. The van der Waals surface area contributed by atoms with Crippen molar-refractivity contribution in [3.05, 3.63) is 179 Å². The first-order chi connectivity index (χ1) is 47.2. The third-order valence-corrected chi connectivity index (χ3v) is 15.7. The summed E-state index contributed by atoms with van der Waals surface area (Å²) in [4.78, 5) is 82.3. The molecule has 0 radical (unpaired) electrons. The lowest BCUT2D eigenvalue weighted by Crippen LogP contribution is -2.68. The van der Waals surface area contributed by atoms with E-state index in [1.165, 1.54) is 19.6 Å². The minimum atomic E-state index is -1.75. The summed E-state index contributed by atoms with van der Waals surface area (Å²) in [6.45, 7) is 7.34. The summed E-state index contributed by atoms with van der Waals surface area (Å²) < 4.78 is 45.0. The van der Waals surface area contributed by atoms with Gasteiger partial charge in [-0.05, 0) is 142 Å². The van der Waals surface area contributed by atoms with E-state index in [9.17, 15) is 49.2 Å². The number of aryl methyl sites for hydroxylation is 2. The second-order valence-corrected chi connectivity index (χ2v) is 23.0. The van der Waals surface area contributed by atoms with E-state index in [0.717, 1.165) is 50.8 Å². The van der Waals surface area contributed by atoms with E-state index >= 15 is 0 Å². The van der Waals surface area contributed by atoms with Crippen molar-refractivity contribution in [3.63, 3.8) is 0 Å². The van der Waals surface area contributed by atoms with Crippen LogP contribution in [-0.4, -0.2) is 201 Å². The maximum absolute atomic E-state index is 13.3. The van der Waals surface area contributed by atoms with Crippen LogP contribution in [0.25, 0.3) is 0 Å². The molecular formula is C72H87N7O19. The smallest absolute Gasteiger partial charge is 0.303 e. The summed E-state index contributed by atoms with van der Waals surface area (Å²) in [6.07, 6.45) is -13.1. The monoisotopic (exact) mass is 1350 g/mol. The number of benzene rings is 6. The Morgan fingerprint density at radius 1 is 0.490 bits per heavy atom. The number of carboxylic acids is 1. The van der Waals surface area contributed by atoms with Crippen LogP contribution in [0.4, 0.5) is 0 Å². The number of carbonyl (C=O) groups excluding carboxylic acids is 5. The Labute approximate surface area is 568 Å². The molecule has 524 valence electrons. The molecule has 0 aromatic heterocycles. The van der Waals surface area contributed by atoms with Crippen molar-refractivity contribution in [2.24, 2.45) is 9.98 Å². The lowest BCUT2D eigenvalue weighted by molar-refractivity contribution is -0.325. The predicted molar refractivity (Wildman–Crippen MR) is 362 cm³/mol. The molecule has 10 N–H and O–H groups in total. The molecule has 26 nitrogen and oxygen atoms in total. The van der Waals surface area contributed by atoms with Crippen LogP contribution in [0.15, 0.2) is 156 Å². The van der Waals surface area contributed by atoms with Crippen molar-refractivity contribution < 1.29 is 92.2 Å². The number of hydrogen-bond donors (Lipinski definition) is 10. The molecule has 4 unspecified atom stereocenters. The minimum absolute atomic E-state index is 0.0172. The molecule has 6 aromatic rings. The van der Waals surface area contributed by atoms with Crippen LogP contribution in [0.1, 0.15) is 72.9 Å². The fraction of sp³-hybridized carbons (Fsp3) is 0.389. The molecule has 98 heavy (non-hydrogen) atoms. The number of carboxylic acid groups (broad SMARTS) is 1. The molecular weight excluding hydrogens is 1270 g/mol. The standard InChI is InChI=1S/C45H59N5O14.C27H28N2O5/c1-25-6-12-31(13-7-25)62-32-16-10-29(11-17-32)37(28-8-14-30(59-4)15-9-28)48-22-20-46-34(53)18-19-35(54)47-21-23-49-44(58)43-42(60-5)39(56)40(57)45(64-43)63-41-36(50-27(3)52)26(2)61-33(24-51)38(41)55;1-19-3-9-23(10-4-19)34-24-13-7-21(8-14-24)27(20-5-11-22(33-2)12-6-20)29-18-17-28-25(30)15-16-26(31)32/h6-17,26,33,36,38-43,45,51,55-57H,18-24H2,1-5H3,(H,46,53)(H,47,54)(H,49,58)(H,50,52);3-14H,15-18H2,1-2H3,(H,28,30)(H,31,32)/t26-,33-,36?,38+,39?,40?,41?,42-,43+,45+;/m0./s1. The summed E-state index contributed by atoms with van der Waals surface area (Å²) in [6, 6.07) is 45.0. The topological polar surface area (TPSA) is 362 Å². The molecule has 10 atom stereocenters. The van der Waals surface area contributed by atoms with Crippen LogP contribution in [0.3, 0.4) is 0 Å². The van der Waals surface area contributed by atoms with E-state index in [2.05, 4.69) is 26.6 Å². The van der Waals surface area contributed by atoms with E-state index < -0.39 is 91.5 Å². The third-order valence-electron chi connectivity index (χ3n) is 15.7. The molecule has 0 saturated carbocycles. The van der Waals surface area contributed by atoms with E-state index in [4.69, 9.17) is 53.0 Å². The number of ether oxygens (including phenoxy) is 8. The van der Waals surface area contributed by atoms with Gasteiger partial charge < -0.3 is 90.0 Å². The number of amides is 5. The number of aliphatic hydroxyl groups excluding tert-OH is 4. The van der Waals surface area contributed by atoms with Gasteiger partial charge in [-0.25, -0.2) is 0 Å². The van der Waals surface area contributed by atoms with E-state index in [1.54, 1.807) is 21.1 Å². The van der Waals surface area contributed by atoms with Gasteiger partial charge in [-0.2, -0.15) is 0 Å². The lowest BCUT2D eigenvalue weighted by atomic mass is 9.92. The highest BCUT2D eigenvalue weighted by Gasteiger charge is 2.52. The Bertz CT molecular complexity index is 3600. The van der Waals surface area contributed by atoms with Gasteiger partial charge in [0.05, 0.1) is 63.9 Å². The Morgan fingerprint density at radius 3 is 1.27 bits per heavy atom. The van der Waals surface area contributed by atoms with Gasteiger partial charge in [-0.15, -0.1) is 0 Å². The number of methoxy groups -OCH3 is 3. The highest BCUT2D eigenvalue weighted by Crippen LogP contribution is 2.31. The average molecular weight is 1350 g/mol. The first kappa shape index (κ1) is 75.7. The van der Waals surface area contributed by atoms with Crippen molar-refractivity contribution >= 4 is 46.9 Å². The largest absolute Gasteiger partial charge is 0.497 e. The van der Waals surface area contributed by atoms with Crippen LogP contribution in [-0.2, 0) is 47.7 Å². The quantitative estimate of drug-likeness (QED) is 0.0205. The minimum Gasteiger partial charge on any atom is -0.497 e. The fourth-order valence-electron chi connectivity index (χ4n) is 10.4. The molecule has 5 amide bonds. The number of rotatable bonds is 31. The van der Waals surface area contributed by atoms with Gasteiger partial charge in [0.2, 0.25) is 23.6 Å². The van der Waals surface area contributed by atoms with Crippen LogP contribution in [0, 0.1) is 13.8 Å². The van der Waals surface area contributed by atoms with Gasteiger partial charge in [0.1, 0.15) is 71.1 Å². The van der Waals surface area contributed by atoms with Gasteiger partial charge in [-0.1, -0.05) is 35.4 Å². The zero-order valence-corrected chi connectivity index (χ0v) is 55.8. The Balaban J connectivity index is 0.000000333. The molecule has 8 rings (SSSR count). The number of hydrogen-bond acceptors (Lipinski definition) is 20. The van der Waals surface area contributed by atoms with Gasteiger partial charge in [-0.3, -0.25) is 38.8 Å². The molecule has 2 fully saturated rings. The van der Waals surface area contributed by atoms with Crippen LogP contribution in [0.5, 0.6) is 34.5 Å². The van der Waals surface area contributed by atoms with Crippen molar-refractivity contribution in [2.45, 2.75) is 115 Å². The predicted octanol–water partition coefficient (Wildman–Crippen LogP) is 4.87. The molecule has 0 bridgehead atoms. The highest BCUT2D eigenvalue weighted by atomic mass is 16.7. The molecule has 2 aliphatic heterocycles. The maximum atomic E-state index is 13.3. The van der Waals surface area contributed by atoms with Crippen molar-refractivity contribution in [1.82, 2.24) is 26.6 Å².